The van der Waals surface area contributed by atoms with Gasteiger partial charge in [0.25, 0.3) is 5.91 Å². The fraction of sp³-hybridized carbons (Fsp3) is 0.105. The molecular formula is C19H16N2O2S2. The first-order valence-corrected chi connectivity index (χ1v) is 9.00. The maximum atomic E-state index is 12.5. The molecule has 0 unspecified atom stereocenters. The van der Waals surface area contributed by atoms with Crippen LogP contribution in [0.5, 0.6) is 5.75 Å². The fourth-order valence-corrected chi connectivity index (χ4v) is 3.45. The van der Waals surface area contributed by atoms with Crippen molar-refractivity contribution >= 4 is 46.5 Å². The second kappa shape index (κ2) is 7.63. The Balaban J connectivity index is 1.80. The summed E-state index contributed by atoms with van der Waals surface area (Å²) in [6.07, 6.45) is 4.22. The van der Waals surface area contributed by atoms with Crippen molar-refractivity contribution in [3.63, 3.8) is 0 Å². The van der Waals surface area contributed by atoms with E-state index < -0.39 is 0 Å². The quantitative estimate of drug-likeness (QED) is 0.499. The molecule has 0 atom stereocenters. The van der Waals surface area contributed by atoms with Crippen LogP contribution in [-0.2, 0) is 11.2 Å². The van der Waals surface area contributed by atoms with Crippen LogP contribution < -0.4 is 0 Å². The number of phenolic OH excluding ortho intramolecular Hbond substituents is 1. The van der Waals surface area contributed by atoms with Crippen molar-refractivity contribution < 1.29 is 9.90 Å². The lowest BCUT2D eigenvalue weighted by atomic mass is 10.1. The van der Waals surface area contributed by atoms with E-state index in [-0.39, 0.29) is 11.7 Å². The first-order chi connectivity index (χ1) is 12.1. The Morgan fingerprint density at radius 2 is 1.92 bits per heavy atom. The molecule has 2 aromatic rings. The zero-order valence-corrected chi connectivity index (χ0v) is 15.2. The third-order valence-electron chi connectivity index (χ3n) is 3.71. The smallest absolute Gasteiger partial charge is 0.286 e. The van der Waals surface area contributed by atoms with Gasteiger partial charge < -0.3 is 5.11 Å². The summed E-state index contributed by atoms with van der Waals surface area (Å²) in [6.45, 7) is 2.10. The molecule has 2 aromatic carbocycles. The monoisotopic (exact) mass is 368 g/mol. The van der Waals surface area contributed by atoms with Gasteiger partial charge >= 0.3 is 0 Å². The van der Waals surface area contributed by atoms with Crippen molar-refractivity contribution in [1.82, 2.24) is 5.01 Å². The average molecular weight is 368 g/mol. The zero-order valence-electron chi connectivity index (χ0n) is 13.5. The Labute approximate surface area is 155 Å². The number of phenols is 1. The van der Waals surface area contributed by atoms with Crippen molar-refractivity contribution in [2.24, 2.45) is 5.10 Å². The number of benzene rings is 2. The Kier molecular flexibility index (Phi) is 5.31. The van der Waals surface area contributed by atoms with E-state index in [4.69, 9.17) is 12.2 Å². The molecule has 1 heterocycles. The predicted octanol–water partition coefficient (Wildman–Crippen LogP) is 4.19. The summed E-state index contributed by atoms with van der Waals surface area (Å²) >= 11 is 6.47. The number of hydrogen-bond donors (Lipinski definition) is 1. The van der Waals surface area contributed by atoms with Gasteiger partial charge in [-0.05, 0) is 48.0 Å². The number of hydrazone groups is 1. The molecule has 0 bridgehead atoms. The van der Waals surface area contributed by atoms with Gasteiger partial charge in [-0.25, -0.2) is 0 Å². The van der Waals surface area contributed by atoms with E-state index >= 15 is 0 Å². The first kappa shape index (κ1) is 17.4. The summed E-state index contributed by atoms with van der Waals surface area (Å²) in [5.74, 6) is -0.163. The molecule has 1 amide bonds. The number of carbonyl (C=O) groups is 1. The SMILES string of the molecule is CCc1ccc(/C=C2/SC(=S)N(/N=C/c3ccccc3O)C2=O)cc1. The highest BCUT2D eigenvalue weighted by Crippen LogP contribution is 2.32. The summed E-state index contributed by atoms with van der Waals surface area (Å²) in [5.41, 5.74) is 2.72. The predicted molar refractivity (Wildman–Crippen MR) is 107 cm³/mol. The first-order valence-electron chi connectivity index (χ1n) is 7.77. The highest BCUT2D eigenvalue weighted by atomic mass is 32.2. The zero-order chi connectivity index (χ0) is 17.8. The fourth-order valence-electron chi connectivity index (χ4n) is 2.28. The van der Waals surface area contributed by atoms with Crippen LogP contribution in [0.3, 0.4) is 0 Å². The van der Waals surface area contributed by atoms with Crippen LogP contribution in [0.2, 0.25) is 0 Å². The molecule has 0 aromatic heterocycles. The molecule has 1 N–H and O–H groups in total. The van der Waals surface area contributed by atoms with Crippen LogP contribution in [0.1, 0.15) is 23.6 Å². The number of para-hydroxylation sites is 1. The molecule has 1 aliphatic heterocycles. The van der Waals surface area contributed by atoms with Crippen molar-refractivity contribution in [3.05, 3.63) is 70.1 Å². The third-order valence-corrected chi connectivity index (χ3v) is 4.99. The lowest BCUT2D eigenvalue weighted by Crippen LogP contribution is -2.22. The van der Waals surface area contributed by atoms with Crippen LogP contribution in [0.15, 0.2) is 58.5 Å². The molecule has 1 fully saturated rings. The second-order valence-corrected chi connectivity index (χ2v) is 7.07. The molecule has 4 nitrogen and oxygen atoms in total. The maximum Gasteiger partial charge on any atom is 0.286 e. The van der Waals surface area contributed by atoms with E-state index in [1.165, 1.54) is 28.5 Å². The van der Waals surface area contributed by atoms with Gasteiger partial charge in [0.1, 0.15) is 5.75 Å². The van der Waals surface area contributed by atoms with Crippen LogP contribution in [0.25, 0.3) is 6.08 Å². The van der Waals surface area contributed by atoms with Crippen LogP contribution in [0, 0.1) is 0 Å². The van der Waals surface area contributed by atoms with Gasteiger partial charge in [-0.3, -0.25) is 4.79 Å². The topological polar surface area (TPSA) is 52.9 Å². The highest BCUT2D eigenvalue weighted by molar-refractivity contribution is 8.26. The van der Waals surface area contributed by atoms with Gasteiger partial charge in [-0.15, -0.1) is 0 Å². The maximum absolute atomic E-state index is 12.5. The molecule has 25 heavy (non-hydrogen) atoms. The minimum Gasteiger partial charge on any atom is -0.507 e. The minimum atomic E-state index is -0.263. The molecule has 0 spiro atoms. The Morgan fingerprint density at radius 1 is 1.20 bits per heavy atom. The summed E-state index contributed by atoms with van der Waals surface area (Å²) in [4.78, 5) is 13.1. The molecule has 3 rings (SSSR count). The molecule has 1 saturated heterocycles. The molecule has 126 valence electrons. The van der Waals surface area contributed by atoms with Gasteiger partial charge in [0.15, 0.2) is 4.32 Å². The lowest BCUT2D eigenvalue weighted by Gasteiger charge is -2.06. The minimum absolute atomic E-state index is 0.100. The number of hydrogen-bond acceptors (Lipinski definition) is 5. The number of carbonyl (C=O) groups excluding carboxylic acids is 1. The highest BCUT2D eigenvalue weighted by Gasteiger charge is 2.32. The summed E-state index contributed by atoms with van der Waals surface area (Å²) in [6, 6.07) is 14.8. The largest absolute Gasteiger partial charge is 0.507 e. The average Bonchev–Trinajstić information content (AvgIpc) is 2.88. The number of nitrogens with zero attached hydrogens (tertiary/aromatic N) is 2. The normalized spacial score (nSPS) is 16.4. The van der Waals surface area contributed by atoms with E-state index in [9.17, 15) is 9.90 Å². The second-order valence-electron chi connectivity index (χ2n) is 5.39. The molecule has 1 aliphatic rings. The molecule has 6 heteroatoms. The van der Waals surface area contributed by atoms with Crippen LogP contribution >= 0.6 is 24.0 Å². The van der Waals surface area contributed by atoms with Crippen LogP contribution in [-0.4, -0.2) is 26.6 Å². The number of rotatable bonds is 4. The number of aromatic hydroxyl groups is 1. The van der Waals surface area contributed by atoms with E-state index in [2.05, 4.69) is 12.0 Å². The standard InChI is InChI=1S/C19H16N2O2S2/c1-2-13-7-9-14(10-8-13)11-17-18(23)21(19(24)25-17)20-12-15-5-3-4-6-16(15)22/h3-12,22H,2H2,1H3/b17-11+,20-12+. The molecule has 0 radical (unpaired) electrons. The molecule has 0 saturated carbocycles. The Morgan fingerprint density at radius 3 is 2.60 bits per heavy atom. The third kappa shape index (κ3) is 3.97. The van der Waals surface area contributed by atoms with Crippen LogP contribution in [0.4, 0.5) is 0 Å². The van der Waals surface area contributed by atoms with Gasteiger partial charge in [0.2, 0.25) is 0 Å². The van der Waals surface area contributed by atoms with Gasteiger partial charge in [0, 0.05) is 5.56 Å². The van der Waals surface area contributed by atoms with Gasteiger partial charge in [-0.1, -0.05) is 55.1 Å². The van der Waals surface area contributed by atoms with Gasteiger partial charge in [-0.2, -0.15) is 10.1 Å². The van der Waals surface area contributed by atoms with E-state index in [0.29, 0.717) is 14.8 Å². The number of thiocarbonyl (C=S) groups is 1. The molecule has 0 aliphatic carbocycles. The summed E-state index contributed by atoms with van der Waals surface area (Å²) in [5, 5.41) is 15.1. The molecular weight excluding hydrogens is 352 g/mol. The van der Waals surface area contributed by atoms with Crippen molar-refractivity contribution in [2.75, 3.05) is 0 Å². The summed E-state index contributed by atoms with van der Waals surface area (Å²) in [7, 11) is 0. The van der Waals surface area contributed by atoms with E-state index in [1.54, 1.807) is 24.3 Å². The van der Waals surface area contributed by atoms with E-state index in [1.807, 2.05) is 30.3 Å². The van der Waals surface area contributed by atoms with Gasteiger partial charge in [0.05, 0.1) is 11.1 Å². The lowest BCUT2D eigenvalue weighted by molar-refractivity contribution is -0.122. The van der Waals surface area contributed by atoms with Crippen molar-refractivity contribution in [2.45, 2.75) is 13.3 Å². The Hall–Kier alpha value is -2.44. The Bertz CT molecular complexity index is 873. The number of thioether (sulfide) groups is 1. The van der Waals surface area contributed by atoms with Crippen molar-refractivity contribution in [3.8, 4) is 5.75 Å². The van der Waals surface area contributed by atoms with Crippen molar-refractivity contribution in [1.29, 1.82) is 0 Å². The van der Waals surface area contributed by atoms with E-state index in [0.717, 1.165) is 12.0 Å². The summed E-state index contributed by atoms with van der Waals surface area (Å²) < 4.78 is 0.369. The number of amides is 1. The number of aryl methyl sites for hydroxylation is 1.